The SMILES string of the molecule is O=C(NNC(=O)c1cccc(S(=O)(=O)N2CCCC2)c1)c1ccc(Cl)cc1. The second-order valence-corrected chi connectivity index (χ2v) is 8.43. The molecule has 0 aliphatic carbocycles. The number of nitrogens with one attached hydrogen (secondary N) is 2. The van der Waals surface area contributed by atoms with Crippen molar-refractivity contribution in [1.82, 2.24) is 15.2 Å². The summed E-state index contributed by atoms with van der Waals surface area (Å²) >= 11 is 5.77. The van der Waals surface area contributed by atoms with Gasteiger partial charge in [0, 0.05) is 29.2 Å². The molecule has 0 atom stereocenters. The van der Waals surface area contributed by atoms with Gasteiger partial charge >= 0.3 is 0 Å². The summed E-state index contributed by atoms with van der Waals surface area (Å²) in [7, 11) is -3.62. The van der Waals surface area contributed by atoms with Crippen LogP contribution in [0.4, 0.5) is 0 Å². The molecule has 2 amide bonds. The zero-order valence-corrected chi connectivity index (χ0v) is 15.9. The zero-order valence-electron chi connectivity index (χ0n) is 14.3. The normalized spacial score (nSPS) is 14.7. The lowest BCUT2D eigenvalue weighted by Crippen LogP contribution is -2.41. The van der Waals surface area contributed by atoms with E-state index < -0.39 is 21.8 Å². The van der Waals surface area contributed by atoms with E-state index in [-0.39, 0.29) is 10.5 Å². The zero-order chi connectivity index (χ0) is 19.4. The number of sulfonamides is 1. The molecule has 142 valence electrons. The molecule has 27 heavy (non-hydrogen) atoms. The maximum absolute atomic E-state index is 12.6. The Bertz CT molecular complexity index is 955. The molecular weight excluding hydrogens is 390 g/mol. The molecule has 2 aromatic carbocycles. The van der Waals surface area contributed by atoms with E-state index in [2.05, 4.69) is 10.9 Å². The first-order chi connectivity index (χ1) is 12.9. The molecule has 3 rings (SSSR count). The smallest absolute Gasteiger partial charge is 0.267 e. The van der Waals surface area contributed by atoms with Crippen molar-refractivity contribution in [2.45, 2.75) is 17.7 Å². The number of halogens is 1. The highest BCUT2D eigenvalue weighted by Crippen LogP contribution is 2.21. The van der Waals surface area contributed by atoms with Gasteiger partial charge in [0.2, 0.25) is 10.0 Å². The van der Waals surface area contributed by atoms with Crippen LogP contribution in [0.25, 0.3) is 0 Å². The maximum atomic E-state index is 12.6. The number of carbonyl (C=O) groups is 2. The van der Waals surface area contributed by atoms with Gasteiger partial charge in [-0.2, -0.15) is 4.31 Å². The van der Waals surface area contributed by atoms with E-state index in [1.54, 1.807) is 12.1 Å². The third-order valence-electron chi connectivity index (χ3n) is 4.20. The first kappa shape index (κ1) is 19.3. The number of benzene rings is 2. The van der Waals surface area contributed by atoms with Crippen molar-refractivity contribution < 1.29 is 18.0 Å². The molecule has 0 aromatic heterocycles. The topological polar surface area (TPSA) is 95.6 Å². The Hall–Kier alpha value is -2.42. The van der Waals surface area contributed by atoms with Crippen molar-refractivity contribution in [2.75, 3.05) is 13.1 Å². The standard InChI is InChI=1S/C18H18ClN3O4S/c19-15-8-6-13(7-9-15)17(23)20-21-18(24)14-4-3-5-16(12-14)27(25,26)22-10-1-2-11-22/h3-9,12H,1-2,10-11H2,(H,20,23)(H,21,24). The minimum absolute atomic E-state index is 0.0566. The second-order valence-electron chi connectivity index (χ2n) is 6.05. The second kappa shape index (κ2) is 8.08. The van der Waals surface area contributed by atoms with E-state index in [0.717, 1.165) is 12.8 Å². The van der Waals surface area contributed by atoms with Crippen LogP contribution in [-0.2, 0) is 10.0 Å². The van der Waals surface area contributed by atoms with Gasteiger partial charge in [0.25, 0.3) is 11.8 Å². The van der Waals surface area contributed by atoms with Crippen LogP contribution in [0.15, 0.2) is 53.4 Å². The number of hydrogen-bond acceptors (Lipinski definition) is 4. The van der Waals surface area contributed by atoms with Gasteiger partial charge in [0.15, 0.2) is 0 Å². The minimum atomic E-state index is -3.62. The summed E-state index contributed by atoms with van der Waals surface area (Å²) in [6.07, 6.45) is 1.66. The highest BCUT2D eigenvalue weighted by molar-refractivity contribution is 7.89. The van der Waals surface area contributed by atoms with E-state index in [1.807, 2.05) is 0 Å². The Labute approximate surface area is 162 Å². The predicted molar refractivity (Wildman–Crippen MR) is 101 cm³/mol. The van der Waals surface area contributed by atoms with Gasteiger partial charge in [0.1, 0.15) is 0 Å². The minimum Gasteiger partial charge on any atom is -0.267 e. The Morgan fingerprint density at radius 3 is 2.11 bits per heavy atom. The van der Waals surface area contributed by atoms with Gasteiger partial charge in [-0.15, -0.1) is 0 Å². The van der Waals surface area contributed by atoms with Crippen molar-refractivity contribution in [1.29, 1.82) is 0 Å². The van der Waals surface area contributed by atoms with Crippen LogP contribution in [0.1, 0.15) is 33.6 Å². The summed E-state index contributed by atoms with van der Waals surface area (Å²) in [4.78, 5) is 24.4. The Balaban J connectivity index is 1.68. The number of amides is 2. The van der Waals surface area contributed by atoms with Crippen molar-refractivity contribution in [3.8, 4) is 0 Å². The third kappa shape index (κ3) is 4.47. The van der Waals surface area contributed by atoms with Crippen LogP contribution >= 0.6 is 11.6 Å². The van der Waals surface area contributed by atoms with Gasteiger partial charge in [-0.25, -0.2) is 8.42 Å². The summed E-state index contributed by atoms with van der Waals surface area (Å²) < 4.78 is 26.6. The van der Waals surface area contributed by atoms with E-state index >= 15 is 0 Å². The maximum Gasteiger partial charge on any atom is 0.269 e. The molecule has 0 spiro atoms. The number of nitrogens with zero attached hydrogens (tertiary/aromatic N) is 1. The summed E-state index contributed by atoms with van der Waals surface area (Å²) in [5.41, 5.74) is 5.02. The number of hydrogen-bond donors (Lipinski definition) is 2. The molecule has 7 nitrogen and oxygen atoms in total. The molecule has 1 aliphatic rings. The molecule has 9 heteroatoms. The van der Waals surface area contributed by atoms with E-state index in [0.29, 0.717) is 23.7 Å². The molecule has 0 saturated carbocycles. The molecular formula is C18H18ClN3O4S. The van der Waals surface area contributed by atoms with Crippen molar-refractivity contribution in [3.05, 3.63) is 64.7 Å². The molecule has 2 aromatic rings. The van der Waals surface area contributed by atoms with Crippen molar-refractivity contribution in [3.63, 3.8) is 0 Å². The van der Waals surface area contributed by atoms with Crippen LogP contribution in [0.3, 0.4) is 0 Å². The average Bonchev–Trinajstić information content (AvgIpc) is 3.22. The van der Waals surface area contributed by atoms with E-state index in [1.165, 1.54) is 40.7 Å². The average molecular weight is 408 g/mol. The number of carbonyl (C=O) groups excluding carboxylic acids is 2. The fourth-order valence-electron chi connectivity index (χ4n) is 2.73. The molecule has 0 radical (unpaired) electrons. The summed E-state index contributed by atoms with van der Waals surface area (Å²) in [5, 5.41) is 0.492. The van der Waals surface area contributed by atoms with Gasteiger partial charge in [-0.1, -0.05) is 17.7 Å². The Morgan fingerprint density at radius 1 is 0.889 bits per heavy atom. The van der Waals surface area contributed by atoms with Crippen LogP contribution in [0.2, 0.25) is 5.02 Å². The Kier molecular flexibility index (Phi) is 5.79. The van der Waals surface area contributed by atoms with Gasteiger partial charge in [0.05, 0.1) is 4.90 Å². The lowest BCUT2D eigenvalue weighted by Gasteiger charge is -2.16. The molecule has 2 N–H and O–H groups in total. The van der Waals surface area contributed by atoms with Gasteiger partial charge in [-0.05, 0) is 55.3 Å². The quantitative estimate of drug-likeness (QED) is 0.759. The lowest BCUT2D eigenvalue weighted by atomic mass is 10.2. The summed E-state index contributed by atoms with van der Waals surface area (Å²) in [6, 6.07) is 11.9. The molecule has 1 fully saturated rings. The van der Waals surface area contributed by atoms with Crippen LogP contribution in [-0.4, -0.2) is 37.6 Å². The van der Waals surface area contributed by atoms with Crippen LogP contribution < -0.4 is 10.9 Å². The molecule has 1 aliphatic heterocycles. The van der Waals surface area contributed by atoms with Crippen molar-refractivity contribution in [2.24, 2.45) is 0 Å². The Morgan fingerprint density at radius 2 is 1.48 bits per heavy atom. The fraction of sp³-hybridized carbons (Fsp3) is 0.222. The number of hydrazine groups is 1. The van der Waals surface area contributed by atoms with Crippen molar-refractivity contribution >= 4 is 33.4 Å². The monoisotopic (exact) mass is 407 g/mol. The van der Waals surface area contributed by atoms with Crippen LogP contribution in [0.5, 0.6) is 0 Å². The number of rotatable bonds is 4. The van der Waals surface area contributed by atoms with E-state index in [4.69, 9.17) is 11.6 Å². The molecule has 0 unspecified atom stereocenters. The van der Waals surface area contributed by atoms with Gasteiger partial charge < -0.3 is 0 Å². The van der Waals surface area contributed by atoms with Crippen LogP contribution in [0, 0.1) is 0 Å². The highest BCUT2D eigenvalue weighted by Gasteiger charge is 2.27. The van der Waals surface area contributed by atoms with E-state index in [9.17, 15) is 18.0 Å². The molecule has 1 saturated heterocycles. The first-order valence-corrected chi connectivity index (χ1v) is 10.2. The lowest BCUT2D eigenvalue weighted by molar-refractivity contribution is 0.0846. The summed E-state index contributed by atoms with van der Waals surface area (Å²) in [5.74, 6) is -1.13. The summed E-state index contributed by atoms with van der Waals surface area (Å²) in [6.45, 7) is 0.964. The first-order valence-electron chi connectivity index (χ1n) is 8.34. The molecule has 1 heterocycles. The van der Waals surface area contributed by atoms with Gasteiger partial charge in [-0.3, -0.25) is 20.4 Å². The fourth-order valence-corrected chi connectivity index (χ4v) is 4.42. The molecule has 0 bridgehead atoms. The largest absolute Gasteiger partial charge is 0.269 e. The predicted octanol–water partition coefficient (Wildman–Crippen LogP) is 2.20. The third-order valence-corrected chi connectivity index (χ3v) is 6.34. The highest BCUT2D eigenvalue weighted by atomic mass is 35.5.